The molecule has 0 spiro atoms. The van der Waals surface area contributed by atoms with E-state index in [2.05, 4.69) is 19.2 Å². The third kappa shape index (κ3) is 4.69. The number of nitrogens with two attached hydrogens (primary N) is 1. The molecule has 0 aliphatic carbocycles. The number of sulfonamides is 1. The molecule has 0 heterocycles. The van der Waals surface area contributed by atoms with Crippen molar-refractivity contribution in [1.82, 2.24) is 5.32 Å². The zero-order valence-electron chi connectivity index (χ0n) is 12.4. The average Bonchev–Trinajstić information content (AvgIpc) is 2.41. The molecule has 1 aromatic carbocycles. The summed E-state index contributed by atoms with van der Waals surface area (Å²) in [6, 6.07) is 2.71. The summed E-state index contributed by atoms with van der Waals surface area (Å²) in [5.41, 5.74) is 0.538. The number of primary sulfonamides is 1. The van der Waals surface area contributed by atoms with Gasteiger partial charge >= 0.3 is 0 Å². The molecule has 0 aliphatic heterocycles. The molecule has 0 radical (unpaired) electrons. The van der Waals surface area contributed by atoms with Crippen molar-refractivity contribution < 1.29 is 13.2 Å². The van der Waals surface area contributed by atoms with Gasteiger partial charge in [0, 0.05) is 17.1 Å². The molecule has 1 aromatic rings. The highest BCUT2D eigenvalue weighted by Gasteiger charge is 2.18. The van der Waals surface area contributed by atoms with Crippen LogP contribution in [0, 0.1) is 12.8 Å². The number of carbonyl (C=O) groups is 1. The molecule has 0 saturated carbocycles. The SMILES string of the molecule is CCC(CC)CNC(=O)c1cc(Cl)c(C)c(S(N)(=O)=O)c1. The van der Waals surface area contributed by atoms with Gasteiger partial charge in [-0.3, -0.25) is 4.79 Å². The first-order valence-electron chi connectivity index (χ1n) is 6.81. The maximum Gasteiger partial charge on any atom is 0.251 e. The molecule has 5 nitrogen and oxygen atoms in total. The van der Waals surface area contributed by atoms with Gasteiger partial charge in [0.1, 0.15) is 0 Å². The maximum absolute atomic E-state index is 12.1. The highest BCUT2D eigenvalue weighted by atomic mass is 35.5. The third-order valence-electron chi connectivity index (χ3n) is 3.57. The van der Waals surface area contributed by atoms with Gasteiger partial charge in [0.05, 0.1) is 4.90 Å². The lowest BCUT2D eigenvalue weighted by Gasteiger charge is -2.14. The minimum Gasteiger partial charge on any atom is -0.352 e. The van der Waals surface area contributed by atoms with Gasteiger partial charge in [-0.05, 0) is 30.5 Å². The van der Waals surface area contributed by atoms with E-state index in [0.717, 1.165) is 12.8 Å². The van der Waals surface area contributed by atoms with Gasteiger partial charge in [0.2, 0.25) is 10.0 Å². The third-order valence-corrected chi connectivity index (χ3v) is 5.00. The number of benzene rings is 1. The van der Waals surface area contributed by atoms with Crippen LogP contribution in [0.2, 0.25) is 5.02 Å². The number of amides is 1. The first kappa shape index (κ1) is 17.9. The summed E-state index contributed by atoms with van der Waals surface area (Å²) in [5, 5.41) is 8.14. The normalized spacial score (nSPS) is 11.7. The second-order valence-corrected chi connectivity index (χ2v) is 6.96. The van der Waals surface area contributed by atoms with E-state index in [4.69, 9.17) is 16.7 Å². The Morgan fingerprint density at radius 1 is 1.33 bits per heavy atom. The molecular formula is C14H21ClN2O3S. The second kappa shape index (κ2) is 7.24. The van der Waals surface area contributed by atoms with Crippen LogP contribution >= 0.6 is 11.6 Å². The Morgan fingerprint density at radius 3 is 2.38 bits per heavy atom. The number of carbonyl (C=O) groups excluding carboxylic acids is 1. The summed E-state index contributed by atoms with van der Waals surface area (Å²) in [5.74, 6) is 0.0429. The Bertz CT molecular complexity index is 625. The van der Waals surface area contributed by atoms with Gasteiger partial charge in [-0.1, -0.05) is 38.3 Å². The van der Waals surface area contributed by atoms with Crippen molar-refractivity contribution in [3.63, 3.8) is 0 Å². The van der Waals surface area contributed by atoms with Crippen molar-refractivity contribution in [2.24, 2.45) is 11.1 Å². The lowest BCUT2D eigenvalue weighted by Crippen LogP contribution is -2.29. The highest BCUT2D eigenvalue weighted by Crippen LogP contribution is 2.24. The van der Waals surface area contributed by atoms with Crippen molar-refractivity contribution in [2.75, 3.05) is 6.54 Å². The Balaban J connectivity index is 3.04. The lowest BCUT2D eigenvalue weighted by atomic mass is 10.0. The van der Waals surface area contributed by atoms with E-state index in [0.29, 0.717) is 18.0 Å². The number of nitrogens with one attached hydrogen (secondary N) is 1. The van der Waals surface area contributed by atoms with Crippen LogP contribution in [0.1, 0.15) is 42.6 Å². The first-order valence-corrected chi connectivity index (χ1v) is 8.74. The molecule has 118 valence electrons. The molecule has 1 rings (SSSR count). The Hall–Kier alpha value is -1.11. The zero-order valence-corrected chi connectivity index (χ0v) is 14.0. The minimum absolute atomic E-state index is 0.123. The van der Waals surface area contributed by atoms with Crippen LogP contribution in [-0.4, -0.2) is 20.9 Å². The highest BCUT2D eigenvalue weighted by molar-refractivity contribution is 7.89. The molecule has 0 saturated heterocycles. The van der Waals surface area contributed by atoms with Crippen molar-refractivity contribution >= 4 is 27.5 Å². The van der Waals surface area contributed by atoms with Crippen LogP contribution in [0.25, 0.3) is 0 Å². The molecular weight excluding hydrogens is 312 g/mol. The molecule has 0 unspecified atom stereocenters. The summed E-state index contributed by atoms with van der Waals surface area (Å²) in [4.78, 5) is 12.0. The zero-order chi connectivity index (χ0) is 16.2. The molecule has 0 atom stereocenters. The average molecular weight is 333 g/mol. The Morgan fingerprint density at radius 2 is 1.90 bits per heavy atom. The number of hydrogen-bond acceptors (Lipinski definition) is 3. The second-order valence-electron chi connectivity index (χ2n) is 5.02. The van der Waals surface area contributed by atoms with Crippen LogP contribution < -0.4 is 10.5 Å². The van der Waals surface area contributed by atoms with E-state index in [1.807, 2.05) is 0 Å². The first-order chi connectivity index (χ1) is 9.70. The smallest absolute Gasteiger partial charge is 0.251 e. The topological polar surface area (TPSA) is 89.3 Å². The van der Waals surface area contributed by atoms with Crippen LogP contribution in [0.5, 0.6) is 0 Å². The fourth-order valence-electron chi connectivity index (χ4n) is 2.00. The predicted molar refractivity (Wildman–Crippen MR) is 84.0 cm³/mol. The van der Waals surface area contributed by atoms with Gasteiger partial charge in [-0.2, -0.15) is 0 Å². The van der Waals surface area contributed by atoms with Crippen molar-refractivity contribution in [1.29, 1.82) is 0 Å². The van der Waals surface area contributed by atoms with Crippen LogP contribution in [0.4, 0.5) is 0 Å². The minimum atomic E-state index is -3.92. The van der Waals surface area contributed by atoms with E-state index >= 15 is 0 Å². The largest absolute Gasteiger partial charge is 0.352 e. The van der Waals surface area contributed by atoms with Crippen LogP contribution in [0.15, 0.2) is 17.0 Å². The summed E-state index contributed by atoms with van der Waals surface area (Å²) >= 11 is 5.99. The standard InChI is InChI=1S/C14H21ClN2O3S/c1-4-10(5-2)8-17-14(18)11-6-12(15)9(3)13(7-11)21(16,19)20/h6-7,10H,4-5,8H2,1-3H3,(H,17,18)(H2,16,19,20). The summed E-state index contributed by atoms with van der Waals surface area (Å²) in [6.07, 6.45) is 1.93. The lowest BCUT2D eigenvalue weighted by molar-refractivity contribution is 0.0946. The number of rotatable bonds is 6. The van der Waals surface area contributed by atoms with E-state index < -0.39 is 10.0 Å². The van der Waals surface area contributed by atoms with E-state index in [1.165, 1.54) is 12.1 Å². The van der Waals surface area contributed by atoms with E-state index in [1.54, 1.807) is 6.92 Å². The summed E-state index contributed by atoms with van der Waals surface area (Å²) in [6.45, 7) is 6.21. The van der Waals surface area contributed by atoms with Gasteiger partial charge < -0.3 is 5.32 Å². The molecule has 3 N–H and O–H groups in total. The molecule has 0 fully saturated rings. The monoisotopic (exact) mass is 332 g/mol. The Labute approximate surface area is 130 Å². The van der Waals surface area contributed by atoms with Crippen LogP contribution in [0.3, 0.4) is 0 Å². The van der Waals surface area contributed by atoms with E-state index in [-0.39, 0.29) is 21.4 Å². The fourth-order valence-corrected chi connectivity index (χ4v) is 3.10. The molecule has 1 amide bonds. The molecule has 0 aromatic heterocycles. The molecule has 7 heteroatoms. The molecule has 0 bridgehead atoms. The van der Waals surface area contributed by atoms with Gasteiger partial charge in [-0.25, -0.2) is 13.6 Å². The number of hydrogen-bond donors (Lipinski definition) is 2. The van der Waals surface area contributed by atoms with Gasteiger partial charge in [0.25, 0.3) is 5.91 Å². The Kier molecular flexibility index (Phi) is 6.19. The predicted octanol–water partition coefficient (Wildman–Crippen LogP) is 2.46. The van der Waals surface area contributed by atoms with Crippen molar-refractivity contribution in [3.05, 3.63) is 28.3 Å². The quantitative estimate of drug-likeness (QED) is 0.838. The molecule has 0 aliphatic rings. The summed E-state index contributed by atoms with van der Waals surface area (Å²) in [7, 11) is -3.92. The maximum atomic E-state index is 12.1. The molecule has 21 heavy (non-hydrogen) atoms. The number of halogens is 1. The van der Waals surface area contributed by atoms with Crippen molar-refractivity contribution in [3.8, 4) is 0 Å². The summed E-state index contributed by atoms with van der Waals surface area (Å²) < 4.78 is 23.1. The van der Waals surface area contributed by atoms with Crippen LogP contribution in [-0.2, 0) is 10.0 Å². The fraction of sp³-hybridized carbons (Fsp3) is 0.500. The van der Waals surface area contributed by atoms with Crippen molar-refractivity contribution in [2.45, 2.75) is 38.5 Å². The van der Waals surface area contributed by atoms with E-state index in [9.17, 15) is 13.2 Å². The van der Waals surface area contributed by atoms with Gasteiger partial charge in [0.15, 0.2) is 0 Å². The van der Waals surface area contributed by atoms with Gasteiger partial charge in [-0.15, -0.1) is 0 Å².